The van der Waals surface area contributed by atoms with Gasteiger partial charge in [-0.2, -0.15) is 0 Å². The summed E-state index contributed by atoms with van der Waals surface area (Å²) >= 11 is 0. The molecule has 0 unspecified atom stereocenters. The van der Waals surface area contributed by atoms with E-state index in [0.29, 0.717) is 36.5 Å². The number of carbonyl (C=O) groups is 1. The topological polar surface area (TPSA) is 48.0 Å². The fourth-order valence-electron chi connectivity index (χ4n) is 2.85. The van der Waals surface area contributed by atoms with E-state index in [1.54, 1.807) is 19.3 Å². The third kappa shape index (κ3) is 3.44. The second kappa shape index (κ2) is 6.52. The van der Waals surface area contributed by atoms with Gasteiger partial charge in [-0.15, -0.1) is 0 Å². The lowest BCUT2D eigenvalue weighted by Crippen LogP contribution is -2.37. The molecule has 0 aromatic heterocycles. The van der Waals surface area contributed by atoms with E-state index in [4.69, 9.17) is 14.2 Å². The Labute approximate surface area is 136 Å². The summed E-state index contributed by atoms with van der Waals surface area (Å²) in [5.41, 5.74) is 0.860. The van der Waals surface area contributed by atoms with Crippen LogP contribution in [-0.2, 0) is 4.79 Å². The smallest absolute Gasteiger partial charge is 0.247 e. The van der Waals surface area contributed by atoms with Crippen molar-refractivity contribution in [2.24, 2.45) is 0 Å². The van der Waals surface area contributed by atoms with Crippen LogP contribution in [0.5, 0.6) is 17.2 Å². The van der Waals surface area contributed by atoms with Crippen LogP contribution in [0.4, 0.5) is 0 Å². The fraction of sp³-hybridized carbons (Fsp3) is 0.500. The van der Waals surface area contributed by atoms with Crippen molar-refractivity contribution in [2.45, 2.75) is 38.8 Å². The lowest BCUT2D eigenvalue weighted by molar-refractivity contribution is -0.128. The second-order valence-corrected chi connectivity index (χ2v) is 6.15. The number of benzene rings is 1. The highest BCUT2D eigenvalue weighted by atomic mass is 16.6. The number of fused-ring (bicyclic) bond motifs is 1. The number of ether oxygens (including phenoxy) is 3. The first-order valence-electron chi connectivity index (χ1n) is 8.08. The molecule has 5 heteroatoms. The molecule has 1 aliphatic carbocycles. The van der Waals surface area contributed by atoms with Gasteiger partial charge in [-0.3, -0.25) is 4.79 Å². The summed E-state index contributed by atoms with van der Waals surface area (Å²) in [6.45, 7) is 5.14. The monoisotopic (exact) mass is 317 g/mol. The zero-order chi connectivity index (χ0) is 16.4. The Hall–Kier alpha value is -2.17. The molecular formula is C18H23NO4. The minimum Gasteiger partial charge on any atom is -0.493 e. The molecule has 0 radical (unpaired) electrons. The Morgan fingerprint density at radius 3 is 2.70 bits per heavy atom. The highest BCUT2D eigenvalue weighted by Crippen LogP contribution is 2.40. The van der Waals surface area contributed by atoms with Gasteiger partial charge in [0.05, 0.1) is 7.11 Å². The van der Waals surface area contributed by atoms with E-state index in [0.717, 1.165) is 18.4 Å². The van der Waals surface area contributed by atoms with Crippen molar-refractivity contribution in [3.63, 3.8) is 0 Å². The molecule has 1 aromatic carbocycles. The Morgan fingerprint density at radius 2 is 2.04 bits per heavy atom. The molecule has 0 bridgehead atoms. The van der Waals surface area contributed by atoms with Crippen LogP contribution in [0.1, 0.15) is 32.3 Å². The zero-order valence-corrected chi connectivity index (χ0v) is 13.9. The highest BCUT2D eigenvalue weighted by molar-refractivity contribution is 5.92. The number of hydrogen-bond acceptors (Lipinski definition) is 4. The van der Waals surface area contributed by atoms with E-state index in [9.17, 15) is 4.79 Å². The molecule has 23 heavy (non-hydrogen) atoms. The molecule has 0 spiro atoms. The molecule has 124 valence electrons. The summed E-state index contributed by atoms with van der Waals surface area (Å²) in [4.78, 5) is 14.4. The molecule has 0 N–H and O–H groups in total. The predicted molar refractivity (Wildman–Crippen MR) is 88.0 cm³/mol. The maximum Gasteiger partial charge on any atom is 0.247 e. The summed E-state index contributed by atoms with van der Waals surface area (Å²) in [6, 6.07) is 4.35. The minimum absolute atomic E-state index is 0.0522. The Kier molecular flexibility index (Phi) is 4.46. The van der Waals surface area contributed by atoms with Crippen LogP contribution in [0.3, 0.4) is 0 Å². The van der Waals surface area contributed by atoms with Crippen molar-refractivity contribution >= 4 is 12.0 Å². The van der Waals surface area contributed by atoms with Crippen molar-refractivity contribution in [1.82, 2.24) is 4.90 Å². The number of amides is 1. The Balaban J connectivity index is 1.80. The largest absolute Gasteiger partial charge is 0.493 e. The Bertz CT molecular complexity index is 600. The van der Waals surface area contributed by atoms with Crippen molar-refractivity contribution in [1.29, 1.82) is 0 Å². The summed E-state index contributed by atoms with van der Waals surface area (Å²) in [7, 11) is 1.60. The summed E-state index contributed by atoms with van der Waals surface area (Å²) in [6.07, 6.45) is 5.65. The number of methoxy groups -OCH3 is 1. The van der Waals surface area contributed by atoms with Gasteiger partial charge in [0.25, 0.3) is 0 Å². The first kappa shape index (κ1) is 15.7. The molecule has 3 rings (SSSR count). The molecule has 1 aromatic rings. The molecule has 2 aliphatic rings. The molecule has 0 saturated heterocycles. The van der Waals surface area contributed by atoms with Gasteiger partial charge in [0.1, 0.15) is 13.2 Å². The molecule has 1 aliphatic heterocycles. The third-order valence-corrected chi connectivity index (χ3v) is 4.02. The minimum atomic E-state index is 0.0522. The van der Waals surface area contributed by atoms with Crippen LogP contribution in [-0.4, -0.2) is 43.2 Å². The number of hydrogen-bond donors (Lipinski definition) is 0. The van der Waals surface area contributed by atoms with E-state index in [1.165, 1.54) is 0 Å². The van der Waals surface area contributed by atoms with Gasteiger partial charge in [-0.05, 0) is 50.5 Å². The van der Waals surface area contributed by atoms with Crippen LogP contribution in [0.25, 0.3) is 6.08 Å². The average molecular weight is 317 g/mol. The standard InChI is InChI=1S/C18H23NO4/c1-12(2)19(14-5-6-14)17(20)7-4-13-10-15(21-3)18-16(11-13)22-8-9-23-18/h4,7,10-12,14H,5-6,8-9H2,1-3H3/b7-4+. The average Bonchev–Trinajstić information content (AvgIpc) is 3.36. The van der Waals surface area contributed by atoms with E-state index < -0.39 is 0 Å². The number of rotatable bonds is 5. The van der Waals surface area contributed by atoms with Crippen LogP contribution in [0.15, 0.2) is 18.2 Å². The number of nitrogens with zero attached hydrogens (tertiary/aromatic N) is 1. The predicted octanol–water partition coefficient (Wildman–Crippen LogP) is 2.88. The number of carbonyl (C=O) groups excluding carboxylic acids is 1. The van der Waals surface area contributed by atoms with Gasteiger partial charge in [-0.1, -0.05) is 0 Å². The van der Waals surface area contributed by atoms with E-state index in [2.05, 4.69) is 13.8 Å². The van der Waals surface area contributed by atoms with Crippen molar-refractivity contribution < 1.29 is 19.0 Å². The molecule has 1 amide bonds. The summed E-state index contributed by atoms with van der Waals surface area (Å²) in [5.74, 6) is 1.96. The van der Waals surface area contributed by atoms with Gasteiger partial charge < -0.3 is 19.1 Å². The zero-order valence-electron chi connectivity index (χ0n) is 13.9. The van der Waals surface area contributed by atoms with Gasteiger partial charge in [0.15, 0.2) is 11.5 Å². The summed E-state index contributed by atoms with van der Waals surface area (Å²) < 4.78 is 16.6. The third-order valence-electron chi connectivity index (χ3n) is 4.02. The van der Waals surface area contributed by atoms with Crippen LogP contribution in [0.2, 0.25) is 0 Å². The maximum atomic E-state index is 12.4. The highest BCUT2D eigenvalue weighted by Gasteiger charge is 2.33. The summed E-state index contributed by atoms with van der Waals surface area (Å²) in [5, 5.41) is 0. The molecular weight excluding hydrogens is 294 g/mol. The van der Waals surface area contributed by atoms with Gasteiger partial charge in [0, 0.05) is 18.2 Å². The first-order chi connectivity index (χ1) is 11.1. The molecule has 1 heterocycles. The lowest BCUT2D eigenvalue weighted by Gasteiger charge is -2.25. The lowest BCUT2D eigenvalue weighted by atomic mass is 10.1. The quantitative estimate of drug-likeness (QED) is 0.784. The van der Waals surface area contributed by atoms with Crippen molar-refractivity contribution in [3.8, 4) is 17.2 Å². The second-order valence-electron chi connectivity index (χ2n) is 6.15. The SMILES string of the molecule is COc1cc(/C=C/C(=O)N(C(C)C)C2CC2)cc2c1OCCO2. The van der Waals surface area contributed by atoms with E-state index >= 15 is 0 Å². The normalized spacial score (nSPS) is 16.7. The van der Waals surface area contributed by atoms with Gasteiger partial charge in [0.2, 0.25) is 11.7 Å². The van der Waals surface area contributed by atoms with E-state index in [-0.39, 0.29) is 11.9 Å². The first-order valence-corrected chi connectivity index (χ1v) is 8.08. The molecule has 1 fully saturated rings. The van der Waals surface area contributed by atoms with Crippen LogP contribution in [0, 0.1) is 0 Å². The van der Waals surface area contributed by atoms with Crippen molar-refractivity contribution in [2.75, 3.05) is 20.3 Å². The van der Waals surface area contributed by atoms with Gasteiger partial charge >= 0.3 is 0 Å². The van der Waals surface area contributed by atoms with Crippen molar-refractivity contribution in [3.05, 3.63) is 23.8 Å². The fourth-order valence-corrected chi connectivity index (χ4v) is 2.85. The molecule has 5 nitrogen and oxygen atoms in total. The maximum absolute atomic E-state index is 12.4. The van der Waals surface area contributed by atoms with Crippen LogP contribution < -0.4 is 14.2 Å². The van der Waals surface area contributed by atoms with Gasteiger partial charge in [-0.25, -0.2) is 0 Å². The van der Waals surface area contributed by atoms with Crippen LogP contribution >= 0.6 is 0 Å². The molecule has 0 atom stereocenters. The molecule has 1 saturated carbocycles. The van der Waals surface area contributed by atoms with E-state index in [1.807, 2.05) is 17.0 Å². The Morgan fingerprint density at radius 1 is 1.30 bits per heavy atom.